The average Bonchev–Trinajstić information content (AvgIpc) is 3.38. The maximum atomic E-state index is 13.0. The Morgan fingerprint density at radius 3 is 2.51 bits per heavy atom. The summed E-state index contributed by atoms with van der Waals surface area (Å²) in [6, 6.07) is 11.6. The quantitative estimate of drug-likeness (QED) is 0.296. The second-order valence-corrected chi connectivity index (χ2v) is 12.0. The summed E-state index contributed by atoms with van der Waals surface area (Å²) in [5.74, 6) is -2.64. The maximum Gasteiger partial charge on any atom is 0.349 e. The van der Waals surface area contributed by atoms with Crippen LogP contribution in [0.1, 0.15) is 55.4 Å². The number of likely N-dealkylation sites (N-methyl/N-ethyl adjacent to an activating group) is 1. The third-order valence-electron chi connectivity index (χ3n) is 9.52. The Kier molecular flexibility index (Phi) is 7.82. The van der Waals surface area contributed by atoms with Crippen LogP contribution < -0.4 is 9.47 Å². The van der Waals surface area contributed by atoms with Crippen LogP contribution in [0.5, 0.6) is 11.5 Å². The molecule has 2 aliphatic heterocycles. The summed E-state index contributed by atoms with van der Waals surface area (Å²) in [5, 5.41) is 21.8. The van der Waals surface area contributed by atoms with Gasteiger partial charge in [-0.15, -0.1) is 0 Å². The second kappa shape index (κ2) is 11.5. The molecule has 1 spiro atoms. The summed E-state index contributed by atoms with van der Waals surface area (Å²) in [6.45, 7) is 1.97. The fraction of sp³-hybridized carbons (Fsp3) is 0.455. The first kappa shape index (κ1) is 30.6. The Balaban J connectivity index is 1.10. The van der Waals surface area contributed by atoms with Gasteiger partial charge in [-0.2, -0.15) is 0 Å². The number of benzene rings is 2. The van der Waals surface area contributed by atoms with Gasteiger partial charge in [0.05, 0.1) is 31.0 Å². The number of hydrogen-bond donors (Lipinski definition) is 2. The molecule has 2 aliphatic carbocycles. The van der Waals surface area contributed by atoms with Crippen molar-refractivity contribution < 1.29 is 53.1 Å². The van der Waals surface area contributed by atoms with Gasteiger partial charge >= 0.3 is 23.9 Å². The van der Waals surface area contributed by atoms with Gasteiger partial charge in [0.25, 0.3) is 0 Å². The predicted octanol–water partition coefficient (Wildman–Crippen LogP) is 2.60. The first-order chi connectivity index (χ1) is 21.5. The first-order valence-corrected chi connectivity index (χ1v) is 14.9. The average molecular weight is 622 g/mol. The normalized spacial score (nSPS) is 27.2. The number of nitrogens with zero attached hydrogens (tertiary/aromatic N) is 1. The molecule has 1 saturated heterocycles. The molecule has 45 heavy (non-hydrogen) atoms. The monoisotopic (exact) mass is 621 g/mol. The van der Waals surface area contributed by atoms with E-state index in [1.165, 1.54) is 19.1 Å². The van der Waals surface area contributed by atoms with Crippen LogP contribution in [-0.2, 0) is 45.2 Å². The van der Waals surface area contributed by atoms with E-state index in [1.54, 1.807) is 31.4 Å². The molecular weight excluding hydrogens is 586 g/mol. The number of esters is 3. The molecule has 12 nitrogen and oxygen atoms in total. The van der Waals surface area contributed by atoms with Crippen molar-refractivity contribution in [3.63, 3.8) is 0 Å². The minimum atomic E-state index is -1.57. The lowest BCUT2D eigenvalue weighted by atomic mass is 9.50. The molecule has 1 fully saturated rings. The van der Waals surface area contributed by atoms with Crippen molar-refractivity contribution >= 4 is 23.9 Å². The van der Waals surface area contributed by atoms with Crippen LogP contribution in [0.25, 0.3) is 0 Å². The molecule has 6 rings (SSSR count). The van der Waals surface area contributed by atoms with Crippen LogP contribution in [0.3, 0.4) is 0 Å². The lowest BCUT2D eigenvalue weighted by molar-refractivity contribution is -0.176. The lowest BCUT2D eigenvalue weighted by Gasteiger charge is -2.61. The van der Waals surface area contributed by atoms with Gasteiger partial charge in [-0.3, -0.25) is 9.59 Å². The number of carbonyl (C=O) groups is 4. The van der Waals surface area contributed by atoms with E-state index in [2.05, 4.69) is 4.90 Å². The highest BCUT2D eigenvalue weighted by Gasteiger charge is 2.72. The van der Waals surface area contributed by atoms with Gasteiger partial charge in [-0.05, 0) is 51.1 Å². The summed E-state index contributed by atoms with van der Waals surface area (Å²) in [7, 11) is 3.56. The van der Waals surface area contributed by atoms with Crippen molar-refractivity contribution in [2.24, 2.45) is 0 Å². The van der Waals surface area contributed by atoms with Gasteiger partial charge in [0.2, 0.25) is 6.10 Å². The number of carboxylic acids is 1. The van der Waals surface area contributed by atoms with E-state index >= 15 is 0 Å². The molecule has 238 valence electrons. The third-order valence-corrected chi connectivity index (χ3v) is 9.52. The van der Waals surface area contributed by atoms with Gasteiger partial charge in [-0.25, -0.2) is 9.59 Å². The van der Waals surface area contributed by atoms with Crippen molar-refractivity contribution in [1.82, 2.24) is 4.90 Å². The highest BCUT2D eigenvalue weighted by atomic mass is 16.6. The van der Waals surface area contributed by atoms with Crippen molar-refractivity contribution in [1.29, 1.82) is 0 Å². The molecule has 12 heteroatoms. The molecule has 2 aromatic rings. The van der Waals surface area contributed by atoms with E-state index < -0.39 is 59.6 Å². The van der Waals surface area contributed by atoms with Crippen molar-refractivity contribution in [2.75, 3.05) is 20.7 Å². The number of aliphatic carboxylic acids is 1. The third kappa shape index (κ3) is 4.92. The molecule has 4 aliphatic rings. The van der Waals surface area contributed by atoms with Crippen LogP contribution >= 0.6 is 0 Å². The van der Waals surface area contributed by atoms with Gasteiger partial charge in [0.1, 0.15) is 5.76 Å². The molecule has 0 amide bonds. The number of methoxy groups -OCH3 is 1. The fourth-order valence-electron chi connectivity index (χ4n) is 7.38. The number of hydrogen-bond acceptors (Lipinski definition) is 11. The molecule has 2 N–H and O–H groups in total. The van der Waals surface area contributed by atoms with Crippen molar-refractivity contribution in [3.8, 4) is 11.5 Å². The largest absolute Gasteiger partial charge is 0.493 e. The van der Waals surface area contributed by atoms with E-state index in [-0.39, 0.29) is 30.2 Å². The molecule has 2 bridgehead atoms. The number of piperidine rings is 1. The number of aliphatic hydroxyl groups is 1. The molecule has 0 aromatic heterocycles. The molecule has 2 aromatic carbocycles. The molecule has 6 atom stereocenters. The zero-order valence-corrected chi connectivity index (χ0v) is 25.2. The molecule has 2 heterocycles. The van der Waals surface area contributed by atoms with Crippen LogP contribution in [0, 0.1) is 0 Å². The van der Waals surface area contributed by atoms with Crippen molar-refractivity contribution in [3.05, 3.63) is 71.0 Å². The van der Waals surface area contributed by atoms with Crippen LogP contribution in [-0.4, -0.2) is 83.5 Å². The standard InChI is InChI=1S/C33H35NO11/c1-18(31(39)45-27(30(37)38)19-7-5-4-6-8-19)42-24(35)11-12-25(36)43-22-13-14-33(40)23-17-20-9-10-21(41-3)28-26(20)32(33,29(22)44-28)15-16-34(23)2/h4-10,13,18,23,27,29,40H,11-12,14-17H2,1-3H3,(H,37,38)/t18-,23-,27-,29+,32+,33-/m0/s1. The number of rotatable bonds is 10. The van der Waals surface area contributed by atoms with Crippen molar-refractivity contribution in [2.45, 2.75) is 74.4 Å². The van der Waals surface area contributed by atoms with E-state index in [0.29, 0.717) is 24.3 Å². The van der Waals surface area contributed by atoms with Gasteiger partial charge in [-0.1, -0.05) is 36.4 Å². The minimum absolute atomic E-state index is 0.153. The number of carbonyl (C=O) groups excluding carboxylic acids is 3. The summed E-state index contributed by atoms with van der Waals surface area (Å²) in [4.78, 5) is 51.8. The molecular formula is C33H35NO11. The Morgan fingerprint density at radius 1 is 1.07 bits per heavy atom. The van der Waals surface area contributed by atoms with E-state index in [1.807, 2.05) is 19.2 Å². The molecule has 0 unspecified atom stereocenters. The lowest BCUT2D eigenvalue weighted by Crippen LogP contribution is -2.74. The van der Waals surface area contributed by atoms with E-state index in [4.69, 9.17) is 23.7 Å². The molecule has 0 radical (unpaired) electrons. The second-order valence-electron chi connectivity index (χ2n) is 12.0. The predicted molar refractivity (Wildman–Crippen MR) is 155 cm³/mol. The highest BCUT2D eigenvalue weighted by Crippen LogP contribution is 2.65. The molecule has 0 saturated carbocycles. The van der Waals surface area contributed by atoms with Gasteiger partial charge < -0.3 is 38.8 Å². The smallest absolute Gasteiger partial charge is 0.349 e. The first-order valence-electron chi connectivity index (χ1n) is 14.9. The summed E-state index contributed by atoms with van der Waals surface area (Å²) >= 11 is 0. The zero-order chi connectivity index (χ0) is 32.1. The number of likely N-dealkylation sites (tertiary alicyclic amines) is 1. The number of carboxylic acid groups (broad SMARTS) is 1. The SMILES string of the molecule is COc1ccc2c3c1O[C@@H]1C(OC(=O)CCC(=O)O[C@@H](C)C(=O)O[C@H](C(=O)O)c4ccccc4)=CC[C@]4(O)[C@H](C2)N(C)CC[C@@]314. The van der Waals surface area contributed by atoms with E-state index in [0.717, 1.165) is 17.7 Å². The summed E-state index contributed by atoms with van der Waals surface area (Å²) in [6.07, 6.45) is -1.31. The fourth-order valence-corrected chi connectivity index (χ4v) is 7.38. The van der Waals surface area contributed by atoms with Gasteiger partial charge in [0.15, 0.2) is 23.7 Å². The topological polar surface area (TPSA) is 158 Å². The Hall–Kier alpha value is -4.42. The number of ether oxygens (including phenoxy) is 5. The van der Waals surface area contributed by atoms with Crippen LogP contribution in [0.4, 0.5) is 0 Å². The van der Waals surface area contributed by atoms with E-state index in [9.17, 15) is 29.4 Å². The van der Waals surface area contributed by atoms with Crippen LogP contribution in [0.15, 0.2) is 54.3 Å². The zero-order valence-electron chi connectivity index (χ0n) is 25.2. The summed E-state index contributed by atoms with van der Waals surface area (Å²) in [5.41, 5.74) is 0.231. The highest BCUT2D eigenvalue weighted by molar-refractivity contribution is 5.84. The van der Waals surface area contributed by atoms with Gasteiger partial charge in [0, 0.05) is 23.6 Å². The van der Waals surface area contributed by atoms with Crippen LogP contribution in [0.2, 0.25) is 0 Å². The Labute approximate surface area is 259 Å². The Bertz CT molecular complexity index is 1570. The Morgan fingerprint density at radius 2 is 1.80 bits per heavy atom. The minimum Gasteiger partial charge on any atom is -0.493 e. The maximum absolute atomic E-state index is 13.0. The summed E-state index contributed by atoms with van der Waals surface area (Å²) < 4.78 is 28.0.